The Morgan fingerprint density at radius 1 is 1.09 bits per heavy atom. The van der Waals surface area contributed by atoms with Gasteiger partial charge in [-0.25, -0.2) is 4.39 Å². The molecule has 1 heterocycles. The van der Waals surface area contributed by atoms with Crippen LogP contribution >= 0.6 is 0 Å². The Balaban J connectivity index is 1.67. The first-order valence-corrected chi connectivity index (χ1v) is 11.6. The Hall–Kier alpha value is -3.26. The first kappa shape index (κ1) is 25.4. The van der Waals surface area contributed by atoms with E-state index in [9.17, 15) is 18.8 Å². The van der Waals surface area contributed by atoms with Crippen LogP contribution in [0.4, 0.5) is 4.39 Å². The number of amides is 3. The van der Waals surface area contributed by atoms with Gasteiger partial charge < -0.3 is 20.3 Å². The monoisotopic (exact) mass is 469 g/mol. The van der Waals surface area contributed by atoms with Crippen molar-refractivity contribution in [1.82, 2.24) is 15.5 Å². The second-order valence-electron chi connectivity index (χ2n) is 8.56. The van der Waals surface area contributed by atoms with E-state index in [2.05, 4.69) is 10.6 Å². The van der Waals surface area contributed by atoms with Crippen molar-refractivity contribution in [2.24, 2.45) is 5.92 Å². The van der Waals surface area contributed by atoms with Crippen LogP contribution in [0.3, 0.4) is 0 Å². The lowest BCUT2D eigenvalue weighted by atomic mass is 9.88. The summed E-state index contributed by atoms with van der Waals surface area (Å²) in [6.07, 6.45) is 1.73. The van der Waals surface area contributed by atoms with E-state index in [0.717, 1.165) is 5.56 Å². The van der Waals surface area contributed by atoms with Crippen LogP contribution in [0.2, 0.25) is 0 Å². The van der Waals surface area contributed by atoms with Crippen LogP contribution in [-0.4, -0.2) is 62.0 Å². The summed E-state index contributed by atoms with van der Waals surface area (Å²) in [4.78, 5) is 40.4. The number of carbonyl (C=O) groups excluding carboxylic acids is 3. The molecular formula is C26H32FN3O4. The summed E-state index contributed by atoms with van der Waals surface area (Å²) >= 11 is 0. The number of hydrogen-bond donors (Lipinski definition) is 2. The second-order valence-corrected chi connectivity index (χ2v) is 8.56. The fraction of sp³-hybridized carbons (Fsp3) is 0.423. The fourth-order valence-electron chi connectivity index (χ4n) is 4.11. The molecule has 0 radical (unpaired) electrons. The molecule has 0 bridgehead atoms. The van der Waals surface area contributed by atoms with Crippen molar-refractivity contribution in [1.29, 1.82) is 0 Å². The number of aryl methyl sites for hydroxylation is 1. The maximum Gasteiger partial charge on any atom is 0.254 e. The van der Waals surface area contributed by atoms with E-state index in [1.165, 1.54) is 18.2 Å². The van der Waals surface area contributed by atoms with Gasteiger partial charge in [-0.2, -0.15) is 0 Å². The lowest BCUT2D eigenvalue weighted by molar-refractivity contribution is -0.124. The molecule has 0 saturated carbocycles. The van der Waals surface area contributed by atoms with Gasteiger partial charge >= 0.3 is 0 Å². The second kappa shape index (κ2) is 12.3. The predicted molar refractivity (Wildman–Crippen MR) is 127 cm³/mol. The summed E-state index contributed by atoms with van der Waals surface area (Å²) in [5, 5.41) is 5.58. The smallest absolute Gasteiger partial charge is 0.254 e. The lowest BCUT2D eigenvalue weighted by Gasteiger charge is -2.36. The molecular weight excluding hydrogens is 437 g/mol. The molecule has 0 spiro atoms. The average Bonchev–Trinajstić information content (AvgIpc) is 2.85. The largest absolute Gasteiger partial charge is 0.385 e. The number of methoxy groups -OCH3 is 1. The third-order valence-corrected chi connectivity index (χ3v) is 6.11. The minimum absolute atomic E-state index is 0.0468. The predicted octanol–water partition coefficient (Wildman–Crippen LogP) is 2.94. The number of halogens is 1. The summed E-state index contributed by atoms with van der Waals surface area (Å²) in [5.74, 6) is -1.82. The van der Waals surface area contributed by atoms with Gasteiger partial charge in [-0.15, -0.1) is 0 Å². The van der Waals surface area contributed by atoms with Gasteiger partial charge in [0, 0.05) is 38.9 Å². The van der Waals surface area contributed by atoms with Crippen molar-refractivity contribution in [2.75, 3.05) is 33.4 Å². The number of piperidine rings is 1. The molecule has 1 aliphatic heterocycles. The SMILES string of the molecule is COCCCNC(=O)C(NC(=O)c1ccccc1F)C1CCN(C(=O)c2ccc(C)cc2)CC1. The highest BCUT2D eigenvalue weighted by atomic mass is 19.1. The Bertz CT molecular complexity index is 988. The van der Waals surface area contributed by atoms with E-state index in [4.69, 9.17) is 4.74 Å². The Kier molecular flexibility index (Phi) is 9.16. The summed E-state index contributed by atoms with van der Waals surface area (Å²) in [7, 11) is 1.59. The van der Waals surface area contributed by atoms with Crippen LogP contribution in [-0.2, 0) is 9.53 Å². The van der Waals surface area contributed by atoms with Crippen molar-refractivity contribution >= 4 is 17.7 Å². The van der Waals surface area contributed by atoms with E-state index in [0.29, 0.717) is 51.1 Å². The van der Waals surface area contributed by atoms with Crippen molar-refractivity contribution in [3.05, 3.63) is 71.0 Å². The summed E-state index contributed by atoms with van der Waals surface area (Å²) < 4.78 is 19.1. The molecule has 1 unspecified atom stereocenters. The molecule has 1 saturated heterocycles. The highest BCUT2D eigenvalue weighted by Gasteiger charge is 2.34. The first-order chi connectivity index (χ1) is 16.4. The normalized spacial score (nSPS) is 15.0. The minimum atomic E-state index is -0.828. The van der Waals surface area contributed by atoms with E-state index in [1.54, 1.807) is 18.1 Å². The maximum absolute atomic E-state index is 14.1. The van der Waals surface area contributed by atoms with Crippen LogP contribution in [0.1, 0.15) is 45.5 Å². The first-order valence-electron chi connectivity index (χ1n) is 11.6. The molecule has 7 nitrogen and oxygen atoms in total. The minimum Gasteiger partial charge on any atom is -0.385 e. The lowest BCUT2D eigenvalue weighted by Crippen LogP contribution is -2.54. The molecule has 0 aliphatic carbocycles. The molecule has 1 aliphatic rings. The number of nitrogens with one attached hydrogen (secondary N) is 2. The van der Waals surface area contributed by atoms with E-state index < -0.39 is 17.8 Å². The zero-order chi connectivity index (χ0) is 24.5. The fourth-order valence-corrected chi connectivity index (χ4v) is 4.11. The van der Waals surface area contributed by atoms with Crippen LogP contribution < -0.4 is 10.6 Å². The van der Waals surface area contributed by atoms with Crippen molar-refractivity contribution < 1.29 is 23.5 Å². The summed E-state index contributed by atoms with van der Waals surface area (Å²) in [5.41, 5.74) is 1.61. The third kappa shape index (κ3) is 6.63. The molecule has 3 rings (SSSR count). The topological polar surface area (TPSA) is 87.7 Å². The van der Waals surface area contributed by atoms with Gasteiger partial charge in [0.25, 0.3) is 11.8 Å². The molecule has 3 amide bonds. The molecule has 0 aromatic heterocycles. The van der Waals surface area contributed by atoms with Crippen LogP contribution in [0.25, 0.3) is 0 Å². The number of rotatable bonds is 9. The number of hydrogen-bond acceptors (Lipinski definition) is 4. The summed E-state index contributed by atoms with van der Waals surface area (Å²) in [6, 6.07) is 12.3. The van der Waals surface area contributed by atoms with Crippen molar-refractivity contribution in [3.8, 4) is 0 Å². The molecule has 34 heavy (non-hydrogen) atoms. The Labute approximate surface area is 199 Å². The Morgan fingerprint density at radius 3 is 2.41 bits per heavy atom. The van der Waals surface area contributed by atoms with E-state index in [-0.39, 0.29) is 23.3 Å². The van der Waals surface area contributed by atoms with Crippen molar-refractivity contribution in [3.63, 3.8) is 0 Å². The van der Waals surface area contributed by atoms with Gasteiger partial charge in [0.15, 0.2) is 0 Å². The number of carbonyl (C=O) groups is 3. The third-order valence-electron chi connectivity index (χ3n) is 6.11. The zero-order valence-electron chi connectivity index (χ0n) is 19.7. The van der Waals surface area contributed by atoms with Crippen LogP contribution in [0.15, 0.2) is 48.5 Å². The van der Waals surface area contributed by atoms with Gasteiger partial charge in [-0.1, -0.05) is 29.8 Å². The molecule has 182 valence electrons. The molecule has 2 aromatic rings. The van der Waals surface area contributed by atoms with E-state index >= 15 is 0 Å². The number of nitrogens with zero attached hydrogens (tertiary/aromatic N) is 1. The van der Waals surface area contributed by atoms with Gasteiger partial charge in [-0.05, 0) is 56.4 Å². The zero-order valence-corrected chi connectivity index (χ0v) is 19.7. The highest BCUT2D eigenvalue weighted by molar-refractivity contribution is 5.98. The number of benzene rings is 2. The van der Waals surface area contributed by atoms with E-state index in [1.807, 2.05) is 31.2 Å². The van der Waals surface area contributed by atoms with Crippen LogP contribution in [0, 0.1) is 18.7 Å². The molecule has 8 heteroatoms. The molecule has 1 atom stereocenters. The Morgan fingerprint density at radius 2 is 1.76 bits per heavy atom. The molecule has 2 N–H and O–H groups in total. The standard InChI is InChI=1S/C26H32FN3O4/c1-18-8-10-20(11-9-18)26(33)30-15-12-19(13-16-30)23(25(32)28-14-5-17-34-2)29-24(31)21-6-3-4-7-22(21)27/h3-4,6-11,19,23H,5,12-17H2,1-2H3,(H,28,32)(H,29,31). The quantitative estimate of drug-likeness (QED) is 0.553. The van der Waals surface area contributed by atoms with Crippen molar-refractivity contribution in [2.45, 2.75) is 32.2 Å². The highest BCUT2D eigenvalue weighted by Crippen LogP contribution is 2.23. The van der Waals surface area contributed by atoms with Gasteiger partial charge in [0.2, 0.25) is 5.91 Å². The average molecular weight is 470 g/mol. The van der Waals surface area contributed by atoms with Gasteiger partial charge in [0.05, 0.1) is 5.56 Å². The summed E-state index contributed by atoms with van der Waals surface area (Å²) in [6.45, 7) is 3.83. The molecule has 2 aromatic carbocycles. The maximum atomic E-state index is 14.1. The van der Waals surface area contributed by atoms with Gasteiger partial charge in [0.1, 0.15) is 11.9 Å². The van der Waals surface area contributed by atoms with Gasteiger partial charge in [-0.3, -0.25) is 14.4 Å². The van der Waals surface area contributed by atoms with Crippen LogP contribution in [0.5, 0.6) is 0 Å². The molecule has 1 fully saturated rings. The number of ether oxygens (including phenoxy) is 1. The number of likely N-dealkylation sites (tertiary alicyclic amines) is 1.